The zero-order valence-electron chi connectivity index (χ0n) is 14.5. The molecule has 1 amide bonds. The lowest BCUT2D eigenvalue weighted by molar-refractivity contribution is -0.131. The fourth-order valence-electron chi connectivity index (χ4n) is 3.79. The lowest BCUT2D eigenvalue weighted by Crippen LogP contribution is -2.40. The molecule has 0 unspecified atom stereocenters. The molecule has 1 aliphatic rings. The van der Waals surface area contributed by atoms with Gasteiger partial charge in [-0.15, -0.1) is 11.3 Å². The van der Waals surface area contributed by atoms with E-state index in [4.69, 9.17) is 4.98 Å². The van der Waals surface area contributed by atoms with Gasteiger partial charge in [0.05, 0.1) is 20.6 Å². The summed E-state index contributed by atoms with van der Waals surface area (Å²) in [6.45, 7) is 0.431. The molecule has 1 fully saturated rings. The molecule has 2 aromatic carbocycles. The Bertz CT molecular complexity index is 880. The molecule has 1 aliphatic carbocycles. The van der Waals surface area contributed by atoms with E-state index >= 15 is 0 Å². The third-order valence-electron chi connectivity index (χ3n) is 5.24. The van der Waals surface area contributed by atoms with Gasteiger partial charge in [-0.25, -0.2) is 9.37 Å². The molecule has 3 nitrogen and oxygen atoms in total. The summed E-state index contributed by atoms with van der Waals surface area (Å²) >= 11 is 1.68. The zero-order chi connectivity index (χ0) is 18.0. The van der Waals surface area contributed by atoms with Crippen LogP contribution in [0.1, 0.15) is 36.3 Å². The number of nitrogens with one attached hydrogen (secondary N) is 1. The first-order chi connectivity index (χ1) is 12.6. The van der Waals surface area contributed by atoms with E-state index in [-0.39, 0.29) is 17.1 Å². The highest BCUT2D eigenvalue weighted by Gasteiger charge is 2.41. The minimum Gasteiger partial charge on any atom is -0.352 e. The molecule has 3 aromatic rings. The van der Waals surface area contributed by atoms with E-state index in [1.165, 1.54) is 16.8 Å². The number of amides is 1. The van der Waals surface area contributed by atoms with Crippen molar-refractivity contribution < 1.29 is 9.18 Å². The number of benzene rings is 2. The van der Waals surface area contributed by atoms with E-state index in [1.54, 1.807) is 23.5 Å². The van der Waals surface area contributed by atoms with Gasteiger partial charge in [-0.1, -0.05) is 37.1 Å². The molecule has 0 aliphatic heterocycles. The number of hydrogen-bond donors (Lipinski definition) is 1. The summed E-state index contributed by atoms with van der Waals surface area (Å²) in [6.07, 6.45) is 4.65. The fraction of sp³-hybridized carbons (Fsp3) is 0.333. The Morgan fingerprint density at radius 1 is 1.12 bits per heavy atom. The summed E-state index contributed by atoms with van der Waals surface area (Å²) < 4.78 is 14.2. The third kappa shape index (κ3) is 3.49. The average Bonchev–Trinajstić information content (AvgIpc) is 3.28. The predicted octanol–water partition coefficient (Wildman–Crippen LogP) is 4.85. The number of rotatable bonds is 5. The van der Waals surface area contributed by atoms with Crippen molar-refractivity contribution in [2.75, 3.05) is 0 Å². The lowest BCUT2D eigenvalue weighted by atomic mass is 9.82. The van der Waals surface area contributed by atoms with Gasteiger partial charge >= 0.3 is 0 Å². The molecule has 0 radical (unpaired) electrons. The summed E-state index contributed by atoms with van der Waals surface area (Å²) in [5.41, 5.74) is 1.55. The molecule has 1 N–H and O–H groups in total. The second-order valence-electron chi connectivity index (χ2n) is 7.05. The predicted molar refractivity (Wildman–Crippen MR) is 102 cm³/mol. The molecular formula is C21H21FN2OS. The van der Waals surface area contributed by atoms with Gasteiger partial charge < -0.3 is 5.32 Å². The SMILES string of the molecule is O=C(NCc1ccc(F)cc1)C1(Cc2nc3ccccc3s2)CCCC1. The Labute approximate surface area is 156 Å². The van der Waals surface area contributed by atoms with E-state index in [1.807, 2.05) is 18.2 Å². The first-order valence-electron chi connectivity index (χ1n) is 9.02. The Morgan fingerprint density at radius 2 is 1.85 bits per heavy atom. The van der Waals surface area contributed by atoms with Crippen molar-refractivity contribution in [2.45, 2.75) is 38.6 Å². The van der Waals surface area contributed by atoms with Crippen LogP contribution in [0.15, 0.2) is 48.5 Å². The van der Waals surface area contributed by atoms with Crippen LogP contribution in [0.5, 0.6) is 0 Å². The smallest absolute Gasteiger partial charge is 0.226 e. The molecule has 1 saturated carbocycles. The highest BCUT2D eigenvalue weighted by molar-refractivity contribution is 7.18. The van der Waals surface area contributed by atoms with Crippen molar-refractivity contribution in [1.29, 1.82) is 0 Å². The summed E-state index contributed by atoms with van der Waals surface area (Å²) in [7, 11) is 0. The van der Waals surface area contributed by atoms with Crippen LogP contribution >= 0.6 is 11.3 Å². The first-order valence-corrected chi connectivity index (χ1v) is 9.84. The monoisotopic (exact) mass is 368 g/mol. The van der Waals surface area contributed by atoms with Gasteiger partial charge in [0.15, 0.2) is 0 Å². The van der Waals surface area contributed by atoms with Gasteiger partial charge in [-0.3, -0.25) is 4.79 Å². The van der Waals surface area contributed by atoms with Gasteiger partial charge in [0.2, 0.25) is 5.91 Å². The maximum absolute atomic E-state index is 13.0. The molecule has 5 heteroatoms. The highest BCUT2D eigenvalue weighted by atomic mass is 32.1. The van der Waals surface area contributed by atoms with Crippen LogP contribution in [-0.4, -0.2) is 10.9 Å². The largest absolute Gasteiger partial charge is 0.352 e. The number of hydrogen-bond acceptors (Lipinski definition) is 3. The molecule has 0 atom stereocenters. The first kappa shape index (κ1) is 17.2. The van der Waals surface area contributed by atoms with Crippen molar-refractivity contribution in [3.63, 3.8) is 0 Å². The van der Waals surface area contributed by atoms with Gasteiger partial charge in [0.1, 0.15) is 5.82 Å². The average molecular weight is 368 g/mol. The molecule has 1 heterocycles. The summed E-state index contributed by atoms with van der Waals surface area (Å²) in [5.74, 6) is -0.165. The lowest BCUT2D eigenvalue weighted by Gasteiger charge is -2.26. The molecular weight excluding hydrogens is 347 g/mol. The summed E-state index contributed by atoms with van der Waals surface area (Å²) in [5, 5.41) is 4.10. The quantitative estimate of drug-likeness (QED) is 0.699. The third-order valence-corrected chi connectivity index (χ3v) is 6.27. The minimum atomic E-state index is -0.367. The highest BCUT2D eigenvalue weighted by Crippen LogP contribution is 2.42. The van der Waals surface area contributed by atoms with Gasteiger partial charge in [-0.2, -0.15) is 0 Å². The number of thiazole rings is 1. The van der Waals surface area contributed by atoms with Crippen molar-refractivity contribution in [1.82, 2.24) is 10.3 Å². The summed E-state index contributed by atoms with van der Waals surface area (Å²) in [6, 6.07) is 14.4. The van der Waals surface area contributed by atoms with E-state index < -0.39 is 0 Å². The number of halogens is 1. The number of fused-ring (bicyclic) bond motifs is 1. The molecule has 0 saturated heterocycles. The molecule has 134 valence electrons. The maximum Gasteiger partial charge on any atom is 0.226 e. The van der Waals surface area contributed by atoms with Crippen LogP contribution in [0.25, 0.3) is 10.2 Å². The van der Waals surface area contributed by atoms with Crippen LogP contribution in [0, 0.1) is 11.2 Å². The number of aromatic nitrogens is 1. The second kappa shape index (κ2) is 7.16. The minimum absolute atomic E-state index is 0.0959. The summed E-state index contributed by atoms with van der Waals surface area (Å²) in [4.78, 5) is 17.7. The Hall–Kier alpha value is -2.27. The van der Waals surface area contributed by atoms with E-state index in [0.717, 1.165) is 41.8 Å². The molecule has 26 heavy (non-hydrogen) atoms. The van der Waals surface area contributed by atoms with E-state index in [2.05, 4.69) is 11.4 Å². The number of carbonyl (C=O) groups is 1. The van der Waals surface area contributed by atoms with Gasteiger partial charge in [-0.05, 0) is 42.7 Å². The normalized spacial score (nSPS) is 16.0. The second-order valence-corrected chi connectivity index (χ2v) is 8.16. The Kier molecular flexibility index (Phi) is 4.72. The van der Waals surface area contributed by atoms with Gasteiger partial charge in [0.25, 0.3) is 0 Å². The van der Waals surface area contributed by atoms with Crippen LogP contribution in [0.3, 0.4) is 0 Å². The molecule has 4 rings (SSSR count). The molecule has 0 spiro atoms. The molecule has 0 bridgehead atoms. The van der Waals surface area contributed by atoms with Crippen molar-refractivity contribution >= 4 is 27.5 Å². The standard InChI is InChI=1S/C21H21FN2OS/c22-16-9-7-15(8-10-16)14-23-20(25)21(11-3-4-12-21)13-19-24-17-5-1-2-6-18(17)26-19/h1-2,5-10H,3-4,11-14H2,(H,23,25). The van der Waals surface area contributed by atoms with E-state index in [0.29, 0.717) is 13.0 Å². The van der Waals surface area contributed by atoms with Crippen LogP contribution in [0.2, 0.25) is 0 Å². The van der Waals surface area contributed by atoms with E-state index in [9.17, 15) is 9.18 Å². The Balaban J connectivity index is 1.49. The number of nitrogens with zero attached hydrogens (tertiary/aromatic N) is 1. The maximum atomic E-state index is 13.0. The van der Waals surface area contributed by atoms with Crippen molar-refractivity contribution in [2.24, 2.45) is 5.41 Å². The molecule has 1 aromatic heterocycles. The Morgan fingerprint density at radius 3 is 2.58 bits per heavy atom. The van der Waals surface area contributed by atoms with Crippen LogP contribution in [-0.2, 0) is 17.8 Å². The topological polar surface area (TPSA) is 42.0 Å². The fourth-order valence-corrected chi connectivity index (χ4v) is 4.90. The van der Waals surface area contributed by atoms with Gasteiger partial charge in [0, 0.05) is 13.0 Å². The number of carbonyl (C=O) groups excluding carboxylic acids is 1. The van der Waals surface area contributed by atoms with Crippen LogP contribution in [0.4, 0.5) is 4.39 Å². The number of para-hydroxylation sites is 1. The van der Waals surface area contributed by atoms with Crippen LogP contribution < -0.4 is 5.32 Å². The van der Waals surface area contributed by atoms with Crippen molar-refractivity contribution in [3.05, 3.63) is 64.9 Å². The zero-order valence-corrected chi connectivity index (χ0v) is 15.3. The van der Waals surface area contributed by atoms with Crippen molar-refractivity contribution in [3.8, 4) is 0 Å².